The molecule has 2 aromatic carbocycles. The lowest BCUT2D eigenvalue weighted by Gasteiger charge is -2.11. The number of nitrogens with zero attached hydrogens (tertiary/aromatic N) is 2. The maximum Gasteiger partial charge on any atom is 0.118 e. The lowest BCUT2D eigenvalue weighted by atomic mass is 10.0. The maximum atomic E-state index is 5.30. The highest BCUT2D eigenvalue weighted by Crippen LogP contribution is 2.31. The van der Waals surface area contributed by atoms with E-state index in [4.69, 9.17) is 9.84 Å². The van der Waals surface area contributed by atoms with Crippen LogP contribution >= 0.6 is 0 Å². The fourth-order valence-corrected chi connectivity index (χ4v) is 3.31. The van der Waals surface area contributed by atoms with Crippen LogP contribution in [0.25, 0.3) is 16.9 Å². The average Bonchev–Trinajstić information content (AvgIpc) is 2.85. The van der Waals surface area contributed by atoms with Crippen LogP contribution in [0.2, 0.25) is 0 Å². The first-order chi connectivity index (χ1) is 11.9. The number of methoxy groups -OCH3 is 1. The second kappa shape index (κ2) is 6.49. The summed E-state index contributed by atoms with van der Waals surface area (Å²) in [6.07, 6.45) is 1.97. The molecule has 0 fully saturated rings. The summed E-state index contributed by atoms with van der Waals surface area (Å²) in [6.45, 7) is 1.98. The first kappa shape index (κ1) is 15.0. The first-order valence-corrected chi connectivity index (χ1v) is 8.38. The Morgan fingerprint density at radius 3 is 2.46 bits per heavy atom. The number of hydrogen-bond donors (Lipinski definition) is 1. The van der Waals surface area contributed by atoms with Crippen molar-refractivity contribution in [2.75, 3.05) is 20.2 Å². The summed E-state index contributed by atoms with van der Waals surface area (Å²) >= 11 is 0. The third-order valence-corrected chi connectivity index (χ3v) is 4.52. The number of nitrogens with one attached hydrogen (secondary N) is 1. The predicted molar refractivity (Wildman–Crippen MR) is 95.8 cm³/mol. The summed E-state index contributed by atoms with van der Waals surface area (Å²) in [7, 11) is 1.70. The van der Waals surface area contributed by atoms with Crippen molar-refractivity contribution in [3.05, 3.63) is 65.9 Å². The predicted octanol–water partition coefficient (Wildman–Crippen LogP) is 3.24. The fraction of sp³-hybridized carbons (Fsp3) is 0.250. The van der Waals surface area contributed by atoms with Crippen LogP contribution in [0.1, 0.15) is 11.3 Å². The number of hydrogen-bond acceptors (Lipinski definition) is 3. The molecule has 4 rings (SSSR count). The van der Waals surface area contributed by atoms with E-state index in [9.17, 15) is 0 Å². The Hall–Kier alpha value is -2.59. The summed E-state index contributed by atoms with van der Waals surface area (Å²) in [5.74, 6) is 0.872. The highest BCUT2D eigenvalue weighted by Gasteiger charge is 2.21. The lowest BCUT2D eigenvalue weighted by Crippen LogP contribution is -2.17. The van der Waals surface area contributed by atoms with Gasteiger partial charge in [-0.25, -0.2) is 4.68 Å². The molecule has 1 aliphatic rings. The summed E-state index contributed by atoms with van der Waals surface area (Å²) in [5, 5.41) is 8.41. The van der Waals surface area contributed by atoms with Gasteiger partial charge in [-0.3, -0.25) is 0 Å². The molecule has 0 radical (unpaired) electrons. The van der Waals surface area contributed by atoms with E-state index in [1.807, 2.05) is 18.2 Å². The molecule has 0 amide bonds. The van der Waals surface area contributed by atoms with Gasteiger partial charge in [-0.2, -0.15) is 5.10 Å². The summed E-state index contributed by atoms with van der Waals surface area (Å²) in [4.78, 5) is 0. The number of rotatable bonds is 3. The standard InChI is InChI=1S/C20H21N3O/c1-24-17-9-7-15(8-10-17)20-18-11-13-21-14-12-19(18)22-23(20)16-5-3-2-4-6-16/h2-10,21H,11-14H2,1H3. The number of aromatic nitrogens is 2. The van der Waals surface area contributed by atoms with Crippen LogP contribution in [-0.2, 0) is 12.8 Å². The van der Waals surface area contributed by atoms with Gasteiger partial charge in [0.15, 0.2) is 0 Å². The normalized spacial score (nSPS) is 14.0. The van der Waals surface area contributed by atoms with Crippen molar-refractivity contribution in [1.82, 2.24) is 15.1 Å². The van der Waals surface area contributed by atoms with Gasteiger partial charge in [-0.1, -0.05) is 18.2 Å². The molecule has 2 heterocycles. The van der Waals surface area contributed by atoms with Crippen LogP contribution in [0.4, 0.5) is 0 Å². The molecule has 4 heteroatoms. The largest absolute Gasteiger partial charge is 0.497 e. The molecule has 0 spiro atoms. The van der Waals surface area contributed by atoms with E-state index in [0.29, 0.717) is 0 Å². The lowest BCUT2D eigenvalue weighted by molar-refractivity contribution is 0.415. The molecule has 0 unspecified atom stereocenters. The smallest absolute Gasteiger partial charge is 0.118 e. The van der Waals surface area contributed by atoms with Crippen molar-refractivity contribution in [2.45, 2.75) is 12.8 Å². The van der Waals surface area contributed by atoms with Crippen molar-refractivity contribution in [3.8, 4) is 22.7 Å². The molecule has 1 aliphatic heterocycles. The van der Waals surface area contributed by atoms with Crippen molar-refractivity contribution in [1.29, 1.82) is 0 Å². The minimum Gasteiger partial charge on any atom is -0.497 e. The number of para-hydroxylation sites is 1. The molecule has 1 N–H and O–H groups in total. The zero-order valence-electron chi connectivity index (χ0n) is 13.8. The molecule has 0 aliphatic carbocycles. The Morgan fingerprint density at radius 2 is 1.71 bits per heavy atom. The molecule has 0 saturated carbocycles. The Morgan fingerprint density at radius 1 is 0.958 bits per heavy atom. The monoisotopic (exact) mass is 319 g/mol. The number of ether oxygens (including phenoxy) is 1. The minimum absolute atomic E-state index is 0.872. The highest BCUT2D eigenvalue weighted by atomic mass is 16.5. The van der Waals surface area contributed by atoms with Crippen LogP contribution in [0.3, 0.4) is 0 Å². The molecule has 24 heavy (non-hydrogen) atoms. The molecule has 0 bridgehead atoms. The molecule has 3 aromatic rings. The van der Waals surface area contributed by atoms with Crippen molar-refractivity contribution >= 4 is 0 Å². The van der Waals surface area contributed by atoms with E-state index < -0.39 is 0 Å². The summed E-state index contributed by atoms with van der Waals surface area (Å²) in [5.41, 5.74) is 6.03. The maximum absolute atomic E-state index is 5.30. The van der Waals surface area contributed by atoms with Gasteiger partial charge in [-0.15, -0.1) is 0 Å². The van der Waals surface area contributed by atoms with Crippen molar-refractivity contribution < 1.29 is 4.74 Å². The van der Waals surface area contributed by atoms with E-state index in [2.05, 4.69) is 46.4 Å². The van der Waals surface area contributed by atoms with E-state index in [1.165, 1.54) is 22.5 Å². The van der Waals surface area contributed by atoms with Crippen LogP contribution in [-0.4, -0.2) is 30.0 Å². The van der Waals surface area contributed by atoms with Crippen LogP contribution in [0.5, 0.6) is 5.75 Å². The SMILES string of the molecule is COc1ccc(-c2c3c(nn2-c2ccccc2)CCNCC3)cc1. The van der Waals surface area contributed by atoms with Gasteiger partial charge in [0.2, 0.25) is 0 Å². The van der Waals surface area contributed by atoms with Crippen LogP contribution in [0.15, 0.2) is 54.6 Å². The van der Waals surface area contributed by atoms with Gasteiger partial charge in [0.25, 0.3) is 0 Å². The van der Waals surface area contributed by atoms with Crippen LogP contribution in [0, 0.1) is 0 Å². The zero-order valence-corrected chi connectivity index (χ0v) is 13.8. The first-order valence-electron chi connectivity index (χ1n) is 8.38. The highest BCUT2D eigenvalue weighted by molar-refractivity contribution is 5.68. The molecule has 1 aromatic heterocycles. The molecular weight excluding hydrogens is 298 g/mol. The third kappa shape index (κ3) is 2.69. The van der Waals surface area contributed by atoms with E-state index in [0.717, 1.165) is 37.4 Å². The van der Waals surface area contributed by atoms with E-state index in [-0.39, 0.29) is 0 Å². The Kier molecular flexibility index (Phi) is 4.05. The number of fused-ring (bicyclic) bond motifs is 1. The van der Waals surface area contributed by atoms with Gasteiger partial charge in [0, 0.05) is 24.1 Å². The zero-order chi connectivity index (χ0) is 16.4. The van der Waals surface area contributed by atoms with Gasteiger partial charge in [0.1, 0.15) is 5.75 Å². The molecule has 0 atom stereocenters. The minimum atomic E-state index is 0.872. The quantitative estimate of drug-likeness (QED) is 0.805. The number of benzene rings is 2. The summed E-state index contributed by atoms with van der Waals surface area (Å²) < 4.78 is 7.40. The van der Waals surface area contributed by atoms with E-state index in [1.54, 1.807) is 7.11 Å². The molecule has 122 valence electrons. The van der Waals surface area contributed by atoms with Crippen LogP contribution < -0.4 is 10.1 Å². The second-order valence-electron chi connectivity index (χ2n) is 6.00. The molecule has 4 nitrogen and oxygen atoms in total. The fourth-order valence-electron chi connectivity index (χ4n) is 3.31. The second-order valence-corrected chi connectivity index (χ2v) is 6.00. The molecule has 0 saturated heterocycles. The van der Waals surface area contributed by atoms with Crippen molar-refractivity contribution in [2.24, 2.45) is 0 Å². The Labute approximate surface area is 142 Å². The van der Waals surface area contributed by atoms with Gasteiger partial charge < -0.3 is 10.1 Å². The third-order valence-electron chi connectivity index (χ3n) is 4.52. The topological polar surface area (TPSA) is 39.1 Å². The Bertz CT molecular complexity index is 822. The molecular formula is C20H21N3O. The average molecular weight is 319 g/mol. The van der Waals surface area contributed by atoms with Gasteiger partial charge >= 0.3 is 0 Å². The van der Waals surface area contributed by atoms with Gasteiger partial charge in [-0.05, 0) is 49.4 Å². The van der Waals surface area contributed by atoms with E-state index >= 15 is 0 Å². The van der Waals surface area contributed by atoms with Gasteiger partial charge in [0.05, 0.1) is 24.2 Å². The van der Waals surface area contributed by atoms with Crippen molar-refractivity contribution in [3.63, 3.8) is 0 Å². The Balaban J connectivity index is 1.90. The summed E-state index contributed by atoms with van der Waals surface area (Å²) in [6, 6.07) is 18.6.